The monoisotopic (exact) mass is 308 g/mol. The zero-order chi connectivity index (χ0) is 10.6. The van der Waals surface area contributed by atoms with Crippen LogP contribution in [0.2, 0.25) is 0 Å². The molecule has 0 aromatic carbocycles. The second-order valence-electron chi connectivity index (χ2n) is 4.36. The lowest BCUT2D eigenvalue weighted by molar-refractivity contribution is 0.136. The van der Waals surface area contributed by atoms with E-state index in [4.69, 9.17) is 0 Å². The molecule has 0 fully saturated rings. The maximum atomic E-state index is 2.43. The Morgan fingerprint density at radius 3 is 2.36 bits per heavy atom. The van der Waals surface area contributed by atoms with Gasteiger partial charge in [0.1, 0.15) is 5.66 Å². The quantitative estimate of drug-likeness (QED) is 0.434. The van der Waals surface area contributed by atoms with Crippen LogP contribution in [0, 0.1) is 0 Å². The smallest absolute Gasteiger partial charge is 0.115 e. The molecule has 0 unspecified atom stereocenters. The summed E-state index contributed by atoms with van der Waals surface area (Å²) in [5.74, 6) is 0. The van der Waals surface area contributed by atoms with Crippen LogP contribution in [0.25, 0.3) is 0 Å². The van der Waals surface area contributed by atoms with Crippen LogP contribution in [0.5, 0.6) is 0 Å². The summed E-state index contributed by atoms with van der Waals surface area (Å²) in [6.45, 7) is 7.97. The van der Waals surface area contributed by atoms with Crippen molar-refractivity contribution in [1.29, 1.82) is 0 Å². The Morgan fingerprint density at radius 2 is 1.86 bits per heavy atom. The van der Waals surface area contributed by atoms with Crippen molar-refractivity contribution in [1.82, 2.24) is 8.01 Å². The minimum Gasteiger partial charge on any atom is -0.353 e. The van der Waals surface area contributed by atoms with Crippen LogP contribution in [-0.2, 0) is 0 Å². The Labute approximate surface area is 102 Å². The van der Waals surface area contributed by atoms with E-state index in [1.807, 2.05) is 0 Å². The van der Waals surface area contributed by atoms with Crippen molar-refractivity contribution >= 4 is 22.9 Å². The molecule has 0 aliphatic carbocycles. The van der Waals surface area contributed by atoms with Gasteiger partial charge in [0.25, 0.3) is 0 Å². The molecule has 0 bridgehead atoms. The molecule has 0 atom stereocenters. The summed E-state index contributed by atoms with van der Waals surface area (Å²) in [4.78, 5) is 2.43. The minimum atomic E-state index is 0.159. The average Bonchev–Trinajstić information content (AvgIpc) is 2.38. The fourth-order valence-corrected chi connectivity index (χ4v) is 2.10. The lowest BCUT2D eigenvalue weighted by Gasteiger charge is -2.37. The number of nitrogens with zero attached hydrogens (tertiary/aromatic N) is 2. The maximum absolute atomic E-state index is 2.43. The molecule has 3 heteroatoms. The third-order valence-corrected chi connectivity index (χ3v) is 4.36. The lowest BCUT2D eigenvalue weighted by atomic mass is 10.1. The molecule has 0 N–H and O–H groups in total. The van der Waals surface area contributed by atoms with Gasteiger partial charge in [-0.25, -0.2) is 0 Å². The number of halogens is 1. The van der Waals surface area contributed by atoms with E-state index in [1.54, 1.807) is 0 Å². The third kappa shape index (κ3) is 2.78. The molecule has 2 nitrogen and oxygen atoms in total. The van der Waals surface area contributed by atoms with Gasteiger partial charge in [-0.2, -0.15) is 0 Å². The van der Waals surface area contributed by atoms with Gasteiger partial charge in [-0.1, -0.05) is 26.2 Å². The van der Waals surface area contributed by atoms with E-state index in [2.05, 4.69) is 64.0 Å². The van der Waals surface area contributed by atoms with Crippen LogP contribution in [0.15, 0.2) is 12.4 Å². The van der Waals surface area contributed by atoms with Crippen molar-refractivity contribution < 1.29 is 0 Å². The summed E-state index contributed by atoms with van der Waals surface area (Å²) in [5.41, 5.74) is 0.159. The summed E-state index contributed by atoms with van der Waals surface area (Å²) >= 11 is 2.36. The van der Waals surface area contributed by atoms with Crippen LogP contribution in [0.3, 0.4) is 0 Å². The van der Waals surface area contributed by atoms with Gasteiger partial charge in [-0.15, -0.1) is 0 Å². The average molecular weight is 308 g/mol. The predicted molar refractivity (Wildman–Crippen MR) is 69.9 cm³/mol. The highest BCUT2D eigenvalue weighted by Crippen LogP contribution is 2.30. The van der Waals surface area contributed by atoms with Crippen molar-refractivity contribution in [3.05, 3.63) is 12.4 Å². The standard InChI is InChI=1S/C11H21IN2/c1-4-5-6-7-8-13-9-10-14(12)11(13,2)3/h9-10H,4-8H2,1-3H3. The molecular weight excluding hydrogens is 287 g/mol. The third-order valence-electron chi connectivity index (χ3n) is 2.86. The van der Waals surface area contributed by atoms with Gasteiger partial charge < -0.3 is 4.90 Å². The highest BCUT2D eigenvalue weighted by atomic mass is 127. The van der Waals surface area contributed by atoms with Gasteiger partial charge >= 0.3 is 0 Å². The molecule has 0 radical (unpaired) electrons. The van der Waals surface area contributed by atoms with Crippen molar-refractivity contribution in [2.24, 2.45) is 0 Å². The van der Waals surface area contributed by atoms with Crippen molar-refractivity contribution in [2.45, 2.75) is 52.1 Å². The van der Waals surface area contributed by atoms with Crippen LogP contribution >= 0.6 is 22.9 Å². The Balaban J connectivity index is 2.28. The fraction of sp³-hybridized carbons (Fsp3) is 0.818. The maximum Gasteiger partial charge on any atom is 0.115 e. The van der Waals surface area contributed by atoms with Gasteiger partial charge in [0, 0.05) is 18.9 Å². The Morgan fingerprint density at radius 1 is 1.14 bits per heavy atom. The van der Waals surface area contributed by atoms with Gasteiger partial charge in [-0.05, 0) is 20.3 Å². The highest BCUT2D eigenvalue weighted by Gasteiger charge is 2.32. The molecule has 82 valence electrons. The number of hydrogen-bond acceptors (Lipinski definition) is 2. The molecule has 0 saturated heterocycles. The molecule has 1 aliphatic heterocycles. The first-order chi connectivity index (χ1) is 6.59. The van der Waals surface area contributed by atoms with Gasteiger partial charge in [0.15, 0.2) is 0 Å². The number of hydrogen-bond donors (Lipinski definition) is 0. The van der Waals surface area contributed by atoms with E-state index >= 15 is 0 Å². The first-order valence-corrected chi connectivity index (χ1v) is 6.45. The van der Waals surface area contributed by atoms with Crippen molar-refractivity contribution in [2.75, 3.05) is 6.54 Å². The number of rotatable bonds is 5. The first kappa shape index (κ1) is 12.1. The summed E-state index contributed by atoms with van der Waals surface area (Å²) in [7, 11) is 0. The van der Waals surface area contributed by atoms with Crippen LogP contribution in [0.1, 0.15) is 46.5 Å². The molecule has 0 spiro atoms. The molecule has 0 saturated carbocycles. The molecule has 1 aliphatic rings. The summed E-state index contributed by atoms with van der Waals surface area (Å²) in [5, 5.41) is 0. The van der Waals surface area contributed by atoms with E-state index in [0.717, 1.165) is 0 Å². The van der Waals surface area contributed by atoms with E-state index in [0.29, 0.717) is 0 Å². The van der Waals surface area contributed by atoms with E-state index in [1.165, 1.54) is 32.2 Å². The van der Waals surface area contributed by atoms with Crippen LogP contribution < -0.4 is 0 Å². The SMILES string of the molecule is CCCCCCN1C=CN(I)C1(C)C. The summed E-state index contributed by atoms with van der Waals surface area (Å²) < 4.78 is 2.24. The Bertz CT molecular complexity index is 201. The molecule has 0 amide bonds. The molecule has 1 heterocycles. The first-order valence-electron chi connectivity index (χ1n) is 5.49. The molecule has 0 aromatic rings. The molecular formula is C11H21IN2. The van der Waals surface area contributed by atoms with Crippen LogP contribution in [0.4, 0.5) is 0 Å². The zero-order valence-electron chi connectivity index (χ0n) is 9.46. The topological polar surface area (TPSA) is 6.48 Å². The number of unbranched alkanes of at least 4 members (excludes halogenated alkanes) is 3. The summed E-state index contributed by atoms with van der Waals surface area (Å²) in [6.07, 6.45) is 9.71. The lowest BCUT2D eigenvalue weighted by Crippen LogP contribution is -2.44. The van der Waals surface area contributed by atoms with Crippen LogP contribution in [-0.4, -0.2) is 20.2 Å². The van der Waals surface area contributed by atoms with E-state index in [9.17, 15) is 0 Å². The normalized spacial score (nSPS) is 19.4. The largest absolute Gasteiger partial charge is 0.353 e. The van der Waals surface area contributed by atoms with Gasteiger partial charge in [0.05, 0.1) is 22.9 Å². The molecule has 14 heavy (non-hydrogen) atoms. The Kier molecular flexibility index (Phi) is 4.54. The zero-order valence-corrected chi connectivity index (χ0v) is 11.6. The van der Waals surface area contributed by atoms with E-state index in [-0.39, 0.29) is 5.66 Å². The van der Waals surface area contributed by atoms with Gasteiger partial charge in [-0.3, -0.25) is 3.11 Å². The second kappa shape index (κ2) is 5.24. The van der Waals surface area contributed by atoms with Crippen molar-refractivity contribution in [3.8, 4) is 0 Å². The molecule has 1 rings (SSSR count). The summed E-state index contributed by atoms with van der Waals surface area (Å²) in [6, 6.07) is 0. The predicted octanol–water partition coefficient (Wildman–Crippen LogP) is 3.74. The minimum absolute atomic E-state index is 0.159. The van der Waals surface area contributed by atoms with Gasteiger partial charge in [0.2, 0.25) is 0 Å². The molecule has 0 aromatic heterocycles. The second-order valence-corrected chi connectivity index (χ2v) is 5.40. The highest BCUT2D eigenvalue weighted by molar-refractivity contribution is 14.1. The van der Waals surface area contributed by atoms with E-state index < -0.39 is 0 Å². The van der Waals surface area contributed by atoms with Crippen molar-refractivity contribution in [3.63, 3.8) is 0 Å². The Hall–Kier alpha value is 0.0700. The fourth-order valence-electron chi connectivity index (χ4n) is 1.68.